The number of benzene rings is 1. The van der Waals surface area contributed by atoms with E-state index in [2.05, 4.69) is 10.1 Å². The molecule has 0 aliphatic rings. The molecule has 140 valence electrons. The maximum absolute atomic E-state index is 13.0. The molecule has 2 rings (SSSR count). The Morgan fingerprint density at radius 3 is 2.38 bits per heavy atom. The molecule has 0 fully saturated rings. The second-order valence-corrected chi connectivity index (χ2v) is 6.41. The van der Waals surface area contributed by atoms with Crippen LogP contribution in [0, 0.1) is 0 Å². The van der Waals surface area contributed by atoms with Crippen molar-refractivity contribution in [1.29, 1.82) is 0 Å². The SMILES string of the molecule is CCOC(=O)C(c1cc(Cl)cc(Cl)c1)N(CC)C(=O)C(C)n1cncn1. The molecule has 9 heteroatoms. The lowest BCUT2D eigenvalue weighted by Gasteiger charge is -2.31. The van der Waals surface area contributed by atoms with E-state index in [0.717, 1.165) is 0 Å². The molecule has 26 heavy (non-hydrogen) atoms. The predicted octanol–water partition coefficient (Wildman–Crippen LogP) is 3.30. The standard InChI is InChI=1S/C17H20Cl2N4O3/c1-4-22(16(24)11(3)23-10-20-9-21-23)15(17(25)26-5-2)12-6-13(18)8-14(19)7-12/h6-11,15H,4-5H2,1-3H3. The first-order valence-corrected chi connectivity index (χ1v) is 8.91. The average Bonchev–Trinajstić information content (AvgIpc) is 3.12. The molecule has 0 aliphatic heterocycles. The molecule has 1 amide bonds. The Kier molecular flexibility index (Phi) is 6.99. The molecule has 2 aromatic rings. The summed E-state index contributed by atoms with van der Waals surface area (Å²) in [6.45, 7) is 5.65. The minimum absolute atomic E-state index is 0.188. The van der Waals surface area contributed by atoms with Gasteiger partial charge in [-0.3, -0.25) is 4.79 Å². The summed E-state index contributed by atoms with van der Waals surface area (Å²) in [6.07, 6.45) is 2.80. The van der Waals surface area contributed by atoms with Crippen molar-refractivity contribution in [2.45, 2.75) is 32.9 Å². The van der Waals surface area contributed by atoms with Gasteiger partial charge in [0.1, 0.15) is 18.7 Å². The van der Waals surface area contributed by atoms with Gasteiger partial charge in [-0.1, -0.05) is 23.2 Å². The van der Waals surface area contributed by atoms with Crippen LogP contribution in [0.5, 0.6) is 0 Å². The summed E-state index contributed by atoms with van der Waals surface area (Å²) in [4.78, 5) is 31.0. The molecular weight excluding hydrogens is 379 g/mol. The monoisotopic (exact) mass is 398 g/mol. The molecule has 1 aromatic heterocycles. The minimum atomic E-state index is -0.963. The number of nitrogens with zero attached hydrogens (tertiary/aromatic N) is 4. The van der Waals surface area contributed by atoms with Gasteiger partial charge >= 0.3 is 5.97 Å². The molecule has 0 radical (unpaired) electrons. The quantitative estimate of drug-likeness (QED) is 0.668. The van der Waals surface area contributed by atoms with Gasteiger partial charge in [0.05, 0.1) is 6.61 Å². The topological polar surface area (TPSA) is 77.3 Å². The van der Waals surface area contributed by atoms with Crippen LogP contribution in [-0.2, 0) is 14.3 Å². The summed E-state index contributed by atoms with van der Waals surface area (Å²) in [5, 5.41) is 4.74. The van der Waals surface area contributed by atoms with Crippen molar-refractivity contribution in [1.82, 2.24) is 19.7 Å². The lowest BCUT2D eigenvalue weighted by Crippen LogP contribution is -2.43. The summed E-state index contributed by atoms with van der Waals surface area (Å²) < 4.78 is 6.62. The van der Waals surface area contributed by atoms with Gasteiger partial charge < -0.3 is 9.64 Å². The van der Waals surface area contributed by atoms with Gasteiger partial charge in [0.2, 0.25) is 5.91 Å². The molecule has 0 aliphatic carbocycles. The van der Waals surface area contributed by atoms with Crippen molar-refractivity contribution in [3.8, 4) is 0 Å². The molecule has 2 unspecified atom stereocenters. The average molecular weight is 399 g/mol. The van der Waals surface area contributed by atoms with Gasteiger partial charge in [-0.25, -0.2) is 14.5 Å². The fourth-order valence-corrected chi connectivity index (χ4v) is 3.18. The second kappa shape index (κ2) is 9.00. The Hall–Kier alpha value is -2.12. The summed E-state index contributed by atoms with van der Waals surface area (Å²) in [5.41, 5.74) is 0.488. The molecule has 0 spiro atoms. The molecule has 2 atom stereocenters. The normalized spacial score (nSPS) is 13.1. The number of halogens is 2. The Morgan fingerprint density at radius 1 is 1.23 bits per heavy atom. The summed E-state index contributed by atoms with van der Waals surface area (Å²) in [7, 11) is 0. The van der Waals surface area contributed by atoms with Gasteiger partial charge in [0.15, 0.2) is 6.04 Å². The molecule has 0 saturated carbocycles. The Morgan fingerprint density at radius 2 is 1.88 bits per heavy atom. The van der Waals surface area contributed by atoms with Crippen LogP contribution in [0.3, 0.4) is 0 Å². The van der Waals surface area contributed by atoms with Gasteiger partial charge in [-0.2, -0.15) is 5.10 Å². The highest BCUT2D eigenvalue weighted by Gasteiger charge is 2.34. The van der Waals surface area contributed by atoms with Crippen molar-refractivity contribution in [2.75, 3.05) is 13.2 Å². The minimum Gasteiger partial charge on any atom is -0.464 e. The van der Waals surface area contributed by atoms with Crippen LogP contribution >= 0.6 is 23.2 Å². The van der Waals surface area contributed by atoms with Crippen molar-refractivity contribution in [3.63, 3.8) is 0 Å². The Balaban J connectivity index is 2.44. The largest absolute Gasteiger partial charge is 0.464 e. The van der Waals surface area contributed by atoms with E-state index in [1.165, 1.54) is 22.2 Å². The molecular formula is C17H20Cl2N4O3. The van der Waals surface area contributed by atoms with E-state index in [1.807, 2.05) is 0 Å². The van der Waals surface area contributed by atoms with Gasteiger partial charge in [0.25, 0.3) is 0 Å². The molecule has 1 heterocycles. The van der Waals surface area contributed by atoms with E-state index in [4.69, 9.17) is 27.9 Å². The third kappa shape index (κ3) is 4.53. The number of carbonyl (C=O) groups excluding carboxylic acids is 2. The van der Waals surface area contributed by atoms with Gasteiger partial charge in [-0.15, -0.1) is 0 Å². The number of hydrogen-bond acceptors (Lipinski definition) is 5. The lowest BCUT2D eigenvalue weighted by atomic mass is 10.0. The fourth-order valence-electron chi connectivity index (χ4n) is 2.63. The second-order valence-electron chi connectivity index (χ2n) is 5.53. The first-order chi connectivity index (χ1) is 12.4. The van der Waals surface area contributed by atoms with Crippen LogP contribution in [0.2, 0.25) is 10.0 Å². The van der Waals surface area contributed by atoms with Gasteiger partial charge in [-0.05, 0) is 44.5 Å². The van der Waals surface area contributed by atoms with Crippen molar-refractivity contribution >= 4 is 35.1 Å². The molecule has 0 bridgehead atoms. The van der Waals surface area contributed by atoms with E-state index >= 15 is 0 Å². The first-order valence-electron chi connectivity index (χ1n) is 8.16. The predicted molar refractivity (Wildman–Crippen MR) is 98.0 cm³/mol. The van der Waals surface area contributed by atoms with E-state index in [9.17, 15) is 9.59 Å². The van der Waals surface area contributed by atoms with E-state index in [0.29, 0.717) is 15.6 Å². The first kappa shape index (κ1) is 20.2. The summed E-state index contributed by atoms with van der Waals surface area (Å²) >= 11 is 12.2. The van der Waals surface area contributed by atoms with Crippen LogP contribution in [-0.4, -0.2) is 44.7 Å². The Labute approximate surface area is 161 Å². The van der Waals surface area contributed by atoms with Crippen molar-refractivity contribution < 1.29 is 14.3 Å². The van der Waals surface area contributed by atoms with E-state index < -0.39 is 18.1 Å². The highest BCUT2D eigenvalue weighted by molar-refractivity contribution is 6.34. The number of amides is 1. The van der Waals surface area contributed by atoms with Crippen LogP contribution < -0.4 is 0 Å². The highest BCUT2D eigenvalue weighted by atomic mass is 35.5. The number of carbonyl (C=O) groups is 2. The zero-order chi connectivity index (χ0) is 19.3. The summed E-state index contributed by atoms with van der Waals surface area (Å²) in [6, 6.07) is 3.17. The third-order valence-electron chi connectivity index (χ3n) is 3.84. The molecule has 0 N–H and O–H groups in total. The lowest BCUT2D eigenvalue weighted by molar-refractivity contribution is -0.156. The number of hydrogen-bond donors (Lipinski definition) is 0. The maximum Gasteiger partial charge on any atom is 0.333 e. The van der Waals surface area contributed by atoms with E-state index in [1.54, 1.807) is 39.0 Å². The van der Waals surface area contributed by atoms with Crippen molar-refractivity contribution in [2.24, 2.45) is 0 Å². The van der Waals surface area contributed by atoms with Crippen molar-refractivity contribution in [3.05, 3.63) is 46.5 Å². The molecule has 1 aromatic carbocycles. The zero-order valence-electron chi connectivity index (χ0n) is 14.7. The number of ether oxygens (including phenoxy) is 1. The van der Waals surface area contributed by atoms with Crippen LogP contribution in [0.4, 0.5) is 0 Å². The Bertz CT molecular complexity index is 747. The summed E-state index contributed by atoms with van der Waals surface area (Å²) in [5.74, 6) is -0.848. The fraction of sp³-hybridized carbons (Fsp3) is 0.412. The maximum atomic E-state index is 13.0. The zero-order valence-corrected chi connectivity index (χ0v) is 16.2. The molecule has 7 nitrogen and oxygen atoms in total. The third-order valence-corrected chi connectivity index (χ3v) is 4.27. The smallest absolute Gasteiger partial charge is 0.333 e. The van der Waals surface area contributed by atoms with Gasteiger partial charge in [0, 0.05) is 16.6 Å². The molecule has 0 saturated heterocycles. The number of esters is 1. The number of likely N-dealkylation sites (N-methyl/N-ethyl adjacent to an activating group) is 1. The van der Waals surface area contributed by atoms with E-state index in [-0.39, 0.29) is 19.1 Å². The number of aromatic nitrogens is 3. The number of rotatable bonds is 7. The highest BCUT2D eigenvalue weighted by Crippen LogP contribution is 2.30. The van der Waals surface area contributed by atoms with Crippen LogP contribution in [0.1, 0.15) is 38.4 Å². The van der Waals surface area contributed by atoms with Crippen LogP contribution in [0.25, 0.3) is 0 Å². The van der Waals surface area contributed by atoms with Crippen LogP contribution in [0.15, 0.2) is 30.9 Å².